The topological polar surface area (TPSA) is 126 Å². The Hall–Kier alpha value is -1.82. The average molecular weight is 398 g/mol. The molecule has 4 rings (SSSR count). The van der Waals surface area contributed by atoms with Crippen molar-refractivity contribution >= 4 is 39.9 Å². The van der Waals surface area contributed by atoms with Gasteiger partial charge in [-0.1, -0.05) is 11.6 Å². The first-order chi connectivity index (χ1) is 12.6. The Morgan fingerprint density at radius 1 is 1.27 bits per heavy atom. The summed E-state index contributed by atoms with van der Waals surface area (Å²) in [6.45, 7) is 0.0830. The maximum atomic E-state index is 10.2. The highest BCUT2D eigenvalue weighted by Gasteiger charge is 2.44. The lowest BCUT2D eigenvalue weighted by Gasteiger charge is -2.16. The minimum absolute atomic E-state index is 0.398. The van der Waals surface area contributed by atoms with Crippen molar-refractivity contribution in [3.05, 3.63) is 34.0 Å². The molecule has 0 saturated carbocycles. The van der Waals surface area contributed by atoms with Crippen LogP contribution < -0.4 is 5.32 Å². The van der Waals surface area contributed by atoms with Gasteiger partial charge >= 0.3 is 0 Å². The van der Waals surface area contributed by atoms with E-state index in [0.29, 0.717) is 27.9 Å². The zero-order valence-electron chi connectivity index (χ0n) is 13.4. The Morgan fingerprint density at radius 2 is 2.12 bits per heavy atom. The van der Waals surface area contributed by atoms with Gasteiger partial charge in [-0.15, -0.1) is 11.3 Å². The predicted molar refractivity (Wildman–Crippen MR) is 95.0 cm³/mol. The number of hydrogen-bond acceptors (Lipinski definition) is 9. The van der Waals surface area contributed by atoms with Crippen LogP contribution in [-0.4, -0.2) is 59.8 Å². The van der Waals surface area contributed by atoms with Gasteiger partial charge in [0.05, 0.1) is 17.3 Å². The monoisotopic (exact) mass is 397 g/mol. The van der Waals surface area contributed by atoms with Gasteiger partial charge in [-0.3, -0.25) is 4.57 Å². The number of anilines is 1. The first-order valence-corrected chi connectivity index (χ1v) is 9.11. The Bertz CT molecular complexity index is 918. The van der Waals surface area contributed by atoms with Crippen molar-refractivity contribution in [1.29, 1.82) is 0 Å². The molecule has 1 aliphatic rings. The number of aliphatic hydroxyl groups excluding tert-OH is 3. The van der Waals surface area contributed by atoms with Gasteiger partial charge in [0.15, 0.2) is 23.2 Å². The van der Waals surface area contributed by atoms with Crippen LogP contribution in [0.25, 0.3) is 11.2 Å². The number of halogens is 1. The third-order valence-electron chi connectivity index (χ3n) is 4.29. The highest BCUT2D eigenvalue weighted by molar-refractivity contribution is 7.14. The van der Waals surface area contributed by atoms with E-state index in [9.17, 15) is 15.3 Å². The molecular weight excluding hydrogens is 382 g/mol. The maximum absolute atomic E-state index is 10.2. The normalized spacial score (nSPS) is 25.8. The fourth-order valence-corrected chi connectivity index (χ4v) is 3.83. The number of rotatable bonds is 5. The standard InChI is InChI=1S/C15H16ClN5O4S/c16-12-7(1-2-26-12)3-17-13-9-14(19-5-18-13)21(6-20-9)15-11(24)10(23)8(4-22)25-15/h1-2,5-6,8,10-11,15,22-24H,3-4H2,(H,17,18,19)/t8-,10-,11-,15-/m1/s1. The van der Waals surface area contributed by atoms with Crippen molar-refractivity contribution in [3.8, 4) is 0 Å². The highest BCUT2D eigenvalue weighted by atomic mass is 35.5. The molecule has 26 heavy (non-hydrogen) atoms. The van der Waals surface area contributed by atoms with Gasteiger partial charge in [-0.05, 0) is 11.4 Å². The summed E-state index contributed by atoms with van der Waals surface area (Å²) in [4.78, 5) is 12.7. The molecule has 4 heterocycles. The minimum atomic E-state index is -1.21. The summed E-state index contributed by atoms with van der Waals surface area (Å²) in [5, 5.41) is 34.5. The zero-order chi connectivity index (χ0) is 18.3. The molecule has 1 saturated heterocycles. The Morgan fingerprint density at radius 3 is 2.81 bits per heavy atom. The van der Waals surface area contributed by atoms with Gasteiger partial charge < -0.3 is 25.4 Å². The summed E-state index contributed by atoms with van der Waals surface area (Å²) in [6.07, 6.45) is -1.33. The second-order valence-corrected chi connectivity index (χ2v) is 7.37. The molecule has 0 aliphatic carbocycles. The zero-order valence-corrected chi connectivity index (χ0v) is 14.9. The smallest absolute Gasteiger partial charge is 0.167 e. The molecule has 0 radical (unpaired) electrons. The first-order valence-electron chi connectivity index (χ1n) is 7.86. The van der Waals surface area contributed by atoms with E-state index in [1.807, 2.05) is 11.4 Å². The number of nitrogens with zero attached hydrogens (tertiary/aromatic N) is 4. The fraction of sp³-hybridized carbons (Fsp3) is 0.400. The Balaban J connectivity index is 1.62. The van der Waals surface area contributed by atoms with Crippen molar-refractivity contribution < 1.29 is 20.1 Å². The van der Waals surface area contributed by atoms with Crippen molar-refractivity contribution in [2.45, 2.75) is 31.1 Å². The van der Waals surface area contributed by atoms with Crippen LogP contribution in [0.15, 0.2) is 24.1 Å². The molecule has 0 aromatic carbocycles. The number of thiophene rings is 1. The van der Waals surface area contributed by atoms with E-state index in [1.54, 1.807) is 0 Å². The third-order valence-corrected chi connectivity index (χ3v) is 5.54. The van der Waals surface area contributed by atoms with E-state index in [4.69, 9.17) is 16.3 Å². The second kappa shape index (κ2) is 7.06. The molecule has 0 bridgehead atoms. The summed E-state index contributed by atoms with van der Waals surface area (Å²) in [6, 6.07) is 1.93. The number of imidazole rings is 1. The van der Waals surface area contributed by atoms with Crippen molar-refractivity contribution in [2.24, 2.45) is 0 Å². The summed E-state index contributed by atoms with van der Waals surface area (Å²) >= 11 is 7.56. The largest absolute Gasteiger partial charge is 0.394 e. The number of ether oxygens (including phenoxy) is 1. The van der Waals surface area contributed by atoms with Crippen LogP contribution in [0, 0.1) is 0 Å². The lowest BCUT2D eigenvalue weighted by molar-refractivity contribution is -0.0511. The number of hydrogen-bond donors (Lipinski definition) is 4. The van der Waals surface area contributed by atoms with E-state index in [1.165, 1.54) is 28.6 Å². The van der Waals surface area contributed by atoms with Crippen molar-refractivity contribution in [1.82, 2.24) is 19.5 Å². The van der Waals surface area contributed by atoms with Gasteiger partial charge in [0.1, 0.15) is 24.6 Å². The predicted octanol–water partition coefficient (Wildman–Crippen LogP) is 0.765. The molecule has 3 aromatic heterocycles. The molecule has 0 spiro atoms. The van der Waals surface area contributed by atoms with Gasteiger partial charge in [-0.2, -0.15) is 0 Å². The van der Waals surface area contributed by atoms with Crippen LogP contribution in [0.2, 0.25) is 4.34 Å². The van der Waals surface area contributed by atoms with Crippen LogP contribution in [0.4, 0.5) is 5.82 Å². The molecule has 9 nitrogen and oxygen atoms in total. The number of fused-ring (bicyclic) bond motifs is 1. The van der Waals surface area contributed by atoms with Gasteiger partial charge in [0, 0.05) is 12.1 Å². The number of nitrogens with one attached hydrogen (secondary N) is 1. The van der Waals surface area contributed by atoms with Crippen LogP contribution in [-0.2, 0) is 11.3 Å². The van der Waals surface area contributed by atoms with E-state index in [0.717, 1.165) is 5.56 Å². The first kappa shape index (κ1) is 17.6. The second-order valence-electron chi connectivity index (χ2n) is 5.85. The summed E-state index contributed by atoms with van der Waals surface area (Å²) in [7, 11) is 0. The summed E-state index contributed by atoms with van der Waals surface area (Å²) in [5.74, 6) is 0.516. The molecule has 138 valence electrons. The Kier molecular flexibility index (Phi) is 4.78. The van der Waals surface area contributed by atoms with Crippen molar-refractivity contribution in [2.75, 3.05) is 11.9 Å². The van der Waals surface area contributed by atoms with Crippen LogP contribution in [0.1, 0.15) is 11.8 Å². The number of aliphatic hydroxyl groups is 3. The van der Waals surface area contributed by atoms with Crippen LogP contribution in [0.5, 0.6) is 0 Å². The summed E-state index contributed by atoms with van der Waals surface area (Å²) in [5.41, 5.74) is 1.89. The summed E-state index contributed by atoms with van der Waals surface area (Å²) < 4.78 is 7.76. The molecule has 3 aromatic rings. The maximum Gasteiger partial charge on any atom is 0.167 e. The van der Waals surface area contributed by atoms with Crippen molar-refractivity contribution in [3.63, 3.8) is 0 Å². The van der Waals surface area contributed by atoms with Gasteiger partial charge in [-0.25, -0.2) is 15.0 Å². The van der Waals surface area contributed by atoms with Gasteiger partial charge in [0.2, 0.25) is 0 Å². The Labute approximate surface area is 156 Å². The van der Waals surface area contributed by atoms with Crippen LogP contribution >= 0.6 is 22.9 Å². The molecule has 0 unspecified atom stereocenters. The number of aromatic nitrogens is 4. The molecule has 1 aliphatic heterocycles. The molecule has 4 N–H and O–H groups in total. The molecular formula is C15H16ClN5O4S. The van der Waals surface area contributed by atoms with E-state index in [2.05, 4.69) is 20.3 Å². The molecule has 11 heteroatoms. The molecule has 4 atom stereocenters. The minimum Gasteiger partial charge on any atom is -0.394 e. The lowest BCUT2D eigenvalue weighted by atomic mass is 10.1. The fourth-order valence-electron chi connectivity index (χ4n) is 2.90. The highest BCUT2D eigenvalue weighted by Crippen LogP contribution is 2.32. The third kappa shape index (κ3) is 2.94. The lowest BCUT2D eigenvalue weighted by Crippen LogP contribution is -2.33. The van der Waals surface area contributed by atoms with E-state index in [-0.39, 0.29) is 0 Å². The SMILES string of the molecule is OC[C@H]1O[C@@H](n2cnc3c(NCc4ccsc4Cl)ncnc32)[C@H](O)[C@@H]1O. The molecule has 0 amide bonds. The molecule has 1 fully saturated rings. The average Bonchev–Trinajstić information content (AvgIpc) is 3.32. The van der Waals surface area contributed by atoms with E-state index >= 15 is 0 Å². The van der Waals surface area contributed by atoms with E-state index < -0.39 is 31.1 Å². The quantitative estimate of drug-likeness (QED) is 0.497. The van der Waals surface area contributed by atoms with Crippen LogP contribution in [0.3, 0.4) is 0 Å². The van der Waals surface area contributed by atoms with Gasteiger partial charge in [0.25, 0.3) is 0 Å².